The Morgan fingerprint density at radius 3 is 2.33 bits per heavy atom. The van der Waals surface area contributed by atoms with Crippen LogP contribution in [0.15, 0.2) is 47.4 Å². The van der Waals surface area contributed by atoms with Gasteiger partial charge in [0.25, 0.3) is 0 Å². The third-order valence-corrected chi connectivity index (χ3v) is 6.98. The minimum Gasteiger partial charge on any atom is -0.478 e. The number of nitrogens with zero attached hydrogens (tertiary/aromatic N) is 2. The standard InChI is InChI=1S/C21H24N2O6S/c1-15(2)16-5-7-17(8-6-16)20(24)14-29-21-10-9-18(13-19(21)23(25)26)30(27,28)22-11-3-4-12-22/h5-10,13,15H,3-4,11-12,14H2,1-2H3. The Hall–Kier alpha value is -2.78. The Bertz CT molecular complexity index is 1040. The number of ketones is 1. The molecule has 1 fully saturated rings. The van der Waals surface area contributed by atoms with E-state index in [1.165, 1.54) is 16.4 Å². The smallest absolute Gasteiger partial charge is 0.312 e. The highest BCUT2D eigenvalue weighted by molar-refractivity contribution is 7.89. The molecule has 0 N–H and O–H groups in total. The SMILES string of the molecule is CC(C)c1ccc(C(=O)COc2ccc(S(=O)(=O)N3CCCC3)cc2[N+](=O)[O-])cc1. The number of hydrogen-bond acceptors (Lipinski definition) is 6. The molecule has 1 aliphatic rings. The number of benzene rings is 2. The van der Waals surface area contributed by atoms with Crippen LogP contribution in [-0.4, -0.2) is 43.1 Å². The van der Waals surface area contributed by atoms with Crippen LogP contribution in [0, 0.1) is 10.1 Å². The van der Waals surface area contributed by atoms with Crippen LogP contribution in [0.3, 0.4) is 0 Å². The molecule has 9 heteroatoms. The quantitative estimate of drug-likeness (QED) is 0.357. The first-order valence-electron chi connectivity index (χ1n) is 9.74. The van der Waals surface area contributed by atoms with E-state index in [0.29, 0.717) is 24.6 Å². The monoisotopic (exact) mass is 432 g/mol. The van der Waals surface area contributed by atoms with Gasteiger partial charge in [-0.1, -0.05) is 38.1 Å². The molecule has 0 unspecified atom stereocenters. The van der Waals surface area contributed by atoms with Crippen LogP contribution in [0.1, 0.15) is 48.5 Å². The van der Waals surface area contributed by atoms with Gasteiger partial charge in [0.05, 0.1) is 9.82 Å². The van der Waals surface area contributed by atoms with E-state index in [-0.39, 0.29) is 23.0 Å². The van der Waals surface area contributed by atoms with Gasteiger partial charge in [-0.2, -0.15) is 4.31 Å². The lowest BCUT2D eigenvalue weighted by Gasteiger charge is -2.15. The topological polar surface area (TPSA) is 107 Å². The van der Waals surface area contributed by atoms with Gasteiger partial charge in [-0.25, -0.2) is 8.42 Å². The van der Waals surface area contributed by atoms with Crippen molar-refractivity contribution in [3.05, 3.63) is 63.7 Å². The first-order chi connectivity index (χ1) is 14.2. The maximum absolute atomic E-state index is 12.7. The third-order valence-electron chi connectivity index (χ3n) is 5.09. The summed E-state index contributed by atoms with van der Waals surface area (Å²) in [4.78, 5) is 23.0. The molecule has 1 saturated heterocycles. The van der Waals surface area contributed by atoms with E-state index >= 15 is 0 Å². The molecule has 2 aromatic rings. The van der Waals surface area contributed by atoms with Crippen molar-refractivity contribution in [2.75, 3.05) is 19.7 Å². The van der Waals surface area contributed by atoms with Crippen molar-refractivity contribution in [3.8, 4) is 5.75 Å². The number of carbonyl (C=O) groups is 1. The predicted molar refractivity (Wildman–Crippen MR) is 111 cm³/mol. The van der Waals surface area contributed by atoms with E-state index in [1.54, 1.807) is 12.1 Å². The summed E-state index contributed by atoms with van der Waals surface area (Å²) in [6, 6.07) is 10.6. The molecule has 160 valence electrons. The lowest BCUT2D eigenvalue weighted by atomic mass is 10.0. The molecule has 2 aromatic carbocycles. The van der Waals surface area contributed by atoms with Crippen molar-refractivity contribution in [3.63, 3.8) is 0 Å². The molecule has 0 amide bonds. The Labute approximate surface area is 175 Å². The molecular formula is C21H24N2O6S. The molecule has 30 heavy (non-hydrogen) atoms. The van der Waals surface area contributed by atoms with Crippen molar-refractivity contribution < 1.29 is 22.9 Å². The van der Waals surface area contributed by atoms with Crippen molar-refractivity contribution in [2.45, 2.75) is 37.5 Å². The number of carbonyl (C=O) groups excluding carboxylic acids is 1. The van der Waals surface area contributed by atoms with Crippen molar-refractivity contribution >= 4 is 21.5 Å². The summed E-state index contributed by atoms with van der Waals surface area (Å²) in [5.41, 5.74) is 1.05. The molecule has 0 spiro atoms. The maximum Gasteiger partial charge on any atom is 0.312 e. The van der Waals surface area contributed by atoms with E-state index in [1.807, 2.05) is 26.0 Å². The predicted octanol–water partition coefficient (Wildman–Crippen LogP) is 3.76. The highest BCUT2D eigenvalue weighted by Gasteiger charge is 2.30. The molecule has 0 atom stereocenters. The van der Waals surface area contributed by atoms with Gasteiger partial charge in [0.15, 0.2) is 18.1 Å². The Morgan fingerprint density at radius 2 is 1.77 bits per heavy atom. The van der Waals surface area contributed by atoms with Crippen molar-refractivity contribution in [1.29, 1.82) is 0 Å². The molecule has 8 nitrogen and oxygen atoms in total. The number of nitro groups is 1. The summed E-state index contributed by atoms with van der Waals surface area (Å²) in [6.45, 7) is 4.51. The fourth-order valence-electron chi connectivity index (χ4n) is 3.28. The summed E-state index contributed by atoms with van der Waals surface area (Å²) < 4.78 is 32.0. The lowest BCUT2D eigenvalue weighted by Crippen LogP contribution is -2.27. The molecule has 0 aromatic heterocycles. The largest absolute Gasteiger partial charge is 0.478 e. The second kappa shape index (κ2) is 8.93. The zero-order chi connectivity index (χ0) is 21.9. The van der Waals surface area contributed by atoms with Gasteiger partial charge in [-0.15, -0.1) is 0 Å². The van der Waals surface area contributed by atoms with E-state index in [4.69, 9.17) is 4.74 Å². The maximum atomic E-state index is 12.7. The molecule has 0 saturated carbocycles. The molecular weight excluding hydrogens is 408 g/mol. The average molecular weight is 432 g/mol. The number of sulfonamides is 1. The van der Waals surface area contributed by atoms with Crippen LogP contribution in [0.4, 0.5) is 5.69 Å². The Balaban J connectivity index is 1.77. The van der Waals surface area contributed by atoms with Crippen LogP contribution >= 0.6 is 0 Å². The molecule has 1 heterocycles. The van der Waals surface area contributed by atoms with Crippen molar-refractivity contribution in [2.24, 2.45) is 0 Å². The van der Waals surface area contributed by atoms with Gasteiger partial charge >= 0.3 is 5.69 Å². The summed E-state index contributed by atoms with van der Waals surface area (Å²) >= 11 is 0. The lowest BCUT2D eigenvalue weighted by molar-refractivity contribution is -0.386. The number of rotatable bonds is 8. The summed E-state index contributed by atoms with van der Waals surface area (Å²) in [5, 5.41) is 11.5. The minimum atomic E-state index is -3.79. The van der Waals surface area contributed by atoms with Gasteiger partial charge < -0.3 is 4.74 Å². The molecule has 0 aliphatic carbocycles. The fourth-order valence-corrected chi connectivity index (χ4v) is 4.82. The summed E-state index contributed by atoms with van der Waals surface area (Å²) in [6.07, 6.45) is 1.53. The second-order valence-corrected chi connectivity index (χ2v) is 9.42. The Morgan fingerprint density at radius 1 is 1.13 bits per heavy atom. The van der Waals surface area contributed by atoms with Crippen LogP contribution < -0.4 is 4.74 Å². The van der Waals surface area contributed by atoms with Gasteiger partial charge in [0.1, 0.15) is 0 Å². The van der Waals surface area contributed by atoms with Gasteiger partial charge in [0.2, 0.25) is 10.0 Å². The van der Waals surface area contributed by atoms with E-state index in [9.17, 15) is 23.3 Å². The van der Waals surface area contributed by atoms with Gasteiger partial charge in [0, 0.05) is 24.7 Å². The summed E-state index contributed by atoms with van der Waals surface area (Å²) in [7, 11) is -3.79. The van der Waals surface area contributed by atoms with Gasteiger partial charge in [-0.3, -0.25) is 14.9 Å². The summed E-state index contributed by atoms with van der Waals surface area (Å²) in [5.74, 6) is -0.135. The van der Waals surface area contributed by atoms with E-state index in [0.717, 1.165) is 24.5 Å². The van der Waals surface area contributed by atoms with Crippen LogP contribution in [0.25, 0.3) is 0 Å². The Kier molecular flexibility index (Phi) is 6.52. The fraction of sp³-hybridized carbons (Fsp3) is 0.381. The zero-order valence-electron chi connectivity index (χ0n) is 16.9. The number of ether oxygens (including phenoxy) is 1. The number of hydrogen-bond donors (Lipinski definition) is 0. The zero-order valence-corrected chi connectivity index (χ0v) is 17.7. The van der Waals surface area contributed by atoms with Crippen LogP contribution in [0.2, 0.25) is 0 Å². The van der Waals surface area contributed by atoms with E-state index in [2.05, 4.69) is 0 Å². The van der Waals surface area contributed by atoms with Crippen LogP contribution in [0.5, 0.6) is 5.75 Å². The highest BCUT2D eigenvalue weighted by atomic mass is 32.2. The highest BCUT2D eigenvalue weighted by Crippen LogP contribution is 2.32. The number of nitro benzene ring substituents is 1. The third kappa shape index (κ3) is 4.68. The minimum absolute atomic E-state index is 0.146. The van der Waals surface area contributed by atoms with Crippen LogP contribution in [-0.2, 0) is 10.0 Å². The first-order valence-corrected chi connectivity index (χ1v) is 11.2. The molecule has 3 rings (SSSR count). The normalized spacial score (nSPS) is 14.8. The average Bonchev–Trinajstić information content (AvgIpc) is 3.27. The van der Waals surface area contributed by atoms with E-state index < -0.39 is 20.6 Å². The molecule has 1 aliphatic heterocycles. The first kappa shape index (κ1) is 21.9. The number of Topliss-reactive ketones (excluding diaryl/α,β-unsaturated/α-hetero) is 1. The van der Waals surface area contributed by atoms with Crippen molar-refractivity contribution in [1.82, 2.24) is 4.31 Å². The molecule has 0 bridgehead atoms. The molecule has 0 radical (unpaired) electrons. The second-order valence-electron chi connectivity index (χ2n) is 7.49. The van der Waals surface area contributed by atoms with Gasteiger partial charge in [-0.05, 0) is 36.5 Å².